The molecule has 0 aliphatic carbocycles. The van der Waals surface area contributed by atoms with Gasteiger partial charge in [-0.25, -0.2) is 9.97 Å². The van der Waals surface area contributed by atoms with Gasteiger partial charge in [0.1, 0.15) is 16.5 Å². The normalized spacial score (nSPS) is 11.7. The van der Waals surface area contributed by atoms with Gasteiger partial charge in [0.15, 0.2) is 5.96 Å². The van der Waals surface area contributed by atoms with E-state index in [9.17, 15) is 0 Å². The molecule has 0 amide bonds. The van der Waals surface area contributed by atoms with Crippen molar-refractivity contribution in [1.29, 1.82) is 0 Å². The van der Waals surface area contributed by atoms with E-state index in [1.807, 2.05) is 30.6 Å². The van der Waals surface area contributed by atoms with Crippen LogP contribution in [0.25, 0.3) is 0 Å². The first-order chi connectivity index (χ1) is 10.7. The molecule has 0 aliphatic heterocycles. The molecule has 0 fully saturated rings. The highest BCUT2D eigenvalue weighted by molar-refractivity contribution is 8.00. The van der Waals surface area contributed by atoms with Crippen molar-refractivity contribution in [2.45, 2.75) is 17.3 Å². The smallest absolute Gasteiger partial charge is 0.193 e. The first kappa shape index (κ1) is 16.8. The summed E-state index contributed by atoms with van der Waals surface area (Å²) in [6.45, 7) is 1.55. The lowest BCUT2D eigenvalue weighted by Gasteiger charge is -2.21. The molecule has 0 atom stereocenters. The first-order valence-corrected chi connectivity index (χ1v) is 8.84. The van der Waals surface area contributed by atoms with Crippen molar-refractivity contribution in [2.75, 3.05) is 26.4 Å². The van der Waals surface area contributed by atoms with Crippen molar-refractivity contribution in [3.05, 3.63) is 23.7 Å². The number of nitrogens with one attached hydrogen (secondary N) is 1. The maximum Gasteiger partial charge on any atom is 0.193 e. The van der Waals surface area contributed by atoms with E-state index < -0.39 is 0 Å². The van der Waals surface area contributed by atoms with Crippen LogP contribution in [0.2, 0.25) is 0 Å². The largest absolute Gasteiger partial charge is 0.356 e. The van der Waals surface area contributed by atoms with Gasteiger partial charge in [-0.3, -0.25) is 9.67 Å². The Morgan fingerprint density at radius 1 is 1.50 bits per heavy atom. The fraction of sp³-hybridized carbons (Fsp3) is 0.538. The predicted octanol–water partition coefficient (Wildman–Crippen LogP) is 1.46. The topological polar surface area (TPSA) is 71.2 Å². The van der Waals surface area contributed by atoms with Crippen molar-refractivity contribution in [1.82, 2.24) is 30.0 Å². The zero-order valence-electron chi connectivity index (χ0n) is 13.1. The van der Waals surface area contributed by atoms with Gasteiger partial charge in [-0.15, -0.1) is 11.3 Å². The van der Waals surface area contributed by atoms with Gasteiger partial charge in [0, 0.05) is 45.0 Å². The Morgan fingerprint density at radius 2 is 2.36 bits per heavy atom. The minimum absolute atomic E-state index is 0.671. The summed E-state index contributed by atoms with van der Waals surface area (Å²) in [6.07, 6.45) is 4.46. The third kappa shape index (κ3) is 4.99. The third-order valence-corrected chi connectivity index (χ3v) is 5.05. The van der Waals surface area contributed by atoms with Gasteiger partial charge in [0.25, 0.3) is 0 Å². The Hall–Kier alpha value is -1.61. The molecule has 2 aromatic rings. The Balaban J connectivity index is 1.69. The molecule has 0 aromatic carbocycles. The highest BCUT2D eigenvalue weighted by atomic mass is 32.2. The van der Waals surface area contributed by atoms with Gasteiger partial charge >= 0.3 is 0 Å². The number of thiazole rings is 1. The Bertz CT molecular complexity index is 579. The lowest BCUT2D eigenvalue weighted by Crippen LogP contribution is -2.39. The van der Waals surface area contributed by atoms with Crippen LogP contribution in [0.1, 0.15) is 12.2 Å². The molecule has 2 aromatic heterocycles. The zero-order valence-corrected chi connectivity index (χ0v) is 14.7. The van der Waals surface area contributed by atoms with E-state index in [1.165, 1.54) is 0 Å². The molecule has 1 N–H and O–H groups in total. The zero-order chi connectivity index (χ0) is 15.8. The lowest BCUT2D eigenvalue weighted by atomic mass is 10.4. The van der Waals surface area contributed by atoms with Crippen LogP contribution in [0.5, 0.6) is 0 Å². The van der Waals surface area contributed by atoms with Crippen molar-refractivity contribution in [2.24, 2.45) is 12.0 Å². The van der Waals surface area contributed by atoms with E-state index in [0.29, 0.717) is 6.54 Å². The molecule has 0 spiro atoms. The predicted molar refractivity (Wildman–Crippen MR) is 91.3 cm³/mol. The molecule has 9 heteroatoms. The molecule has 0 unspecified atom stereocenters. The van der Waals surface area contributed by atoms with Crippen molar-refractivity contribution < 1.29 is 0 Å². The van der Waals surface area contributed by atoms with Crippen molar-refractivity contribution in [3.8, 4) is 0 Å². The number of guanidine groups is 1. The number of nitrogens with zero attached hydrogens (tertiary/aromatic N) is 6. The van der Waals surface area contributed by atoms with Crippen molar-refractivity contribution >= 4 is 29.1 Å². The number of rotatable bonds is 7. The average Bonchev–Trinajstić information content (AvgIpc) is 3.15. The number of hydrogen-bond donors (Lipinski definition) is 1. The van der Waals surface area contributed by atoms with Crippen LogP contribution in [-0.4, -0.2) is 57.0 Å². The molecule has 120 valence electrons. The summed E-state index contributed by atoms with van der Waals surface area (Å²) < 4.78 is 2.90. The first-order valence-electron chi connectivity index (χ1n) is 6.97. The molecular formula is C13H21N7S2. The van der Waals surface area contributed by atoms with Crippen LogP contribution >= 0.6 is 23.1 Å². The van der Waals surface area contributed by atoms with Gasteiger partial charge in [-0.2, -0.15) is 5.10 Å². The highest BCUT2D eigenvalue weighted by Gasteiger charge is 2.09. The van der Waals surface area contributed by atoms with Gasteiger partial charge in [0.05, 0.1) is 6.54 Å². The summed E-state index contributed by atoms with van der Waals surface area (Å²) >= 11 is 3.48. The van der Waals surface area contributed by atoms with Crippen molar-refractivity contribution in [3.63, 3.8) is 0 Å². The summed E-state index contributed by atoms with van der Waals surface area (Å²) in [5.74, 6) is 2.82. The van der Waals surface area contributed by atoms with E-state index in [-0.39, 0.29) is 0 Å². The third-order valence-electron chi connectivity index (χ3n) is 3.00. The van der Waals surface area contributed by atoms with Gasteiger partial charge in [-0.05, 0) is 6.42 Å². The Labute approximate surface area is 138 Å². The highest BCUT2D eigenvalue weighted by Crippen LogP contribution is 2.20. The van der Waals surface area contributed by atoms with Crippen LogP contribution in [0.3, 0.4) is 0 Å². The summed E-state index contributed by atoms with van der Waals surface area (Å²) in [7, 11) is 5.68. The Morgan fingerprint density at radius 3 is 3.00 bits per heavy atom. The number of thioether (sulfide) groups is 1. The van der Waals surface area contributed by atoms with Crippen LogP contribution < -0.4 is 5.32 Å². The minimum Gasteiger partial charge on any atom is -0.356 e. The van der Waals surface area contributed by atoms with E-state index in [0.717, 1.165) is 34.8 Å². The van der Waals surface area contributed by atoms with Gasteiger partial charge in [0.2, 0.25) is 0 Å². The van der Waals surface area contributed by atoms with E-state index in [1.54, 1.807) is 41.2 Å². The maximum atomic E-state index is 4.30. The van der Waals surface area contributed by atoms with Gasteiger partial charge in [-0.1, -0.05) is 11.8 Å². The Kier molecular flexibility index (Phi) is 6.66. The monoisotopic (exact) mass is 339 g/mol. The molecule has 7 nitrogen and oxygen atoms in total. The quantitative estimate of drug-likeness (QED) is 0.356. The van der Waals surface area contributed by atoms with Gasteiger partial charge < -0.3 is 10.2 Å². The van der Waals surface area contributed by atoms with Crippen LogP contribution in [0.4, 0.5) is 0 Å². The molecular weight excluding hydrogens is 318 g/mol. The maximum absolute atomic E-state index is 4.30. The fourth-order valence-corrected chi connectivity index (χ4v) is 3.50. The number of aliphatic imine (C=N–C) groups is 1. The minimum atomic E-state index is 0.671. The fourth-order valence-electron chi connectivity index (χ4n) is 1.85. The summed E-state index contributed by atoms with van der Waals surface area (Å²) in [6, 6.07) is 0. The van der Waals surface area contributed by atoms with E-state index in [2.05, 4.69) is 25.4 Å². The van der Waals surface area contributed by atoms with E-state index in [4.69, 9.17) is 0 Å². The molecule has 0 aliphatic rings. The summed E-state index contributed by atoms with van der Waals surface area (Å²) in [5, 5.41) is 9.45. The standard InChI is InChI=1S/C13H21N7S2/c1-14-12(19(2)9-11-17-10-18-20(11)3)15-5-4-7-21-13-16-6-8-22-13/h6,8,10H,4-5,7,9H2,1-3H3,(H,14,15). The number of aromatic nitrogens is 4. The second-order valence-electron chi connectivity index (χ2n) is 4.63. The van der Waals surface area contributed by atoms with Crippen LogP contribution in [0, 0.1) is 0 Å². The summed E-state index contributed by atoms with van der Waals surface area (Å²) in [5.41, 5.74) is 0. The second-order valence-corrected chi connectivity index (χ2v) is 6.87. The second kappa shape index (κ2) is 8.74. The van der Waals surface area contributed by atoms with Crippen LogP contribution in [-0.2, 0) is 13.6 Å². The van der Waals surface area contributed by atoms with E-state index >= 15 is 0 Å². The summed E-state index contributed by atoms with van der Waals surface area (Å²) in [4.78, 5) is 14.8. The SMILES string of the molecule is CN=C(NCCCSc1nccs1)N(C)Cc1ncnn1C. The van der Waals surface area contributed by atoms with Crippen LogP contribution in [0.15, 0.2) is 27.2 Å². The number of aryl methyl sites for hydroxylation is 1. The molecule has 0 bridgehead atoms. The molecule has 22 heavy (non-hydrogen) atoms. The average molecular weight is 339 g/mol. The molecule has 0 saturated heterocycles. The number of hydrogen-bond acceptors (Lipinski definition) is 6. The molecule has 2 rings (SSSR count). The molecule has 0 saturated carbocycles. The molecule has 0 radical (unpaired) electrons. The molecule has 2 heterocycles. The lowest BCUT2D eigenvalue weighted by molar-refractivity contribution is 0.449.